The number of aryl methyl sites for hydroxylation is 1. The molecule has 0 atom stereocenters. The Balaban J connectivity index is 1.59. The lowest BCUT2D eigenvalue weighted by Gasteiger charge is -2.33. The fourth-order valence-corrected chi connectivity index (χ4v) is 4.82. The molecule has 1 aliphatic carbocycles. The van der Waals surface area contributed by atoms with Crippen LogP contribution in [0.5, 0.6) is 0 Å². The van der Waals surface area contributed by atoms with Crippen molar-refractivity contribution in [1.29, 1.82) is 5.41 Å². The van der Waals surface area contributed by atoms with Crippen LogP contribution < -0.4 is 15.5 Å². The predicted octanol–water partition coefficient (Wildman–Crippen LogP) is 5.37. The van der Waals surface area contributed by atoms with E-state index in [1.165, 1.54) is 0 Å². The molecule has 36 heavy (non-hydrogen) atoms. The lowest BCUT2D eigenvalue weighted by atomic mass is 10.0. The van der Waals surface area contributed by atoms with Crippen molar-refractivity contribution in [3.05, 3.63) is 76.2 Å². The predicted molar refractivity (Wildman–Crippen MR) is 146 cm³/mol. The molecule has 1 saturated carbocycles. The van der Waals surface area contributed by atoms with Crippen LogP contribution >= 0.6 is 11.3 Å². The highest BCUT2D eigenvalue weighted by Crippen LogP contribution is 2.45. The number of hydrogen-bond acceptors (Lipinski definition) is 6. The third-order valence-corrected chi connectivity index (χ3v) is 7.64. The van der Waals surface area contributed by atoms with Gasteiger partial charge in [-0.1, -0.05) is 60.7 Å². The van der Waals surface area contributed by atoms with Gasteiger partial charge >= 0.3 is 0 Å². The molecule has 1 aliphatic rings. The van der Waals surface area contributed by atoms with Crippen molar-refractivity contribution in [1.82, 2.24) is 10.3 Å². The minimum absolute atomic E-state index is 0.159. The van der Waals surface area contributed by atoms with Crippen LogP contribution in [0.15, 0.2) is 54.6 Å². The second kappa shape index (κ2) is 9.85. The minimum atomic E-state index is -0.448. The zero-order valence-electron chi connectivity index (χ0n) is 21.4. The van der Waals surface area contributed by atoms with Crippen molar-refractivity contribution in [2.75, 3.05) is 17.3 Å². The molecule has 2 aromatic carbocycles. The number of carbonyl (C=O) groups excluding carboxylic acids is 2. The number of anilines is 2. The molecular formula is C28H33N5O2S. The summed E-state index contributed by atoms with van der Waals surface area (Å²) in [5, 5.41) is 15.1. The highest BCUT2D eigenvalue weighted by Gasteiger charge is 2.46. The molecule has 3 N–H and O–H groups in total. The normalized spacial score (nSPS) is 14.1. The van der Waals surface area contributed by atoms with Crippen molar-refractivity contribution < 1.29 is 9.59 Å². The van der Waals surface area contributed by atoms with E-state index in [0.717, 1.165) is 41.7 Å². The maximum absolute atomic E-state index is 13.2. The van der Waals surface area contributed by atoms with Crippen LogP contribution in [0.4, 0.5) is 10.9 Å². The quantitative estimate of drug-likeness (QED) is 0.360. The molecule has 0 radical (unpaired) electrons. The average Bonchev–Trinajstić information content (AvgIpc) is 3.53. The Labute approximate surface area is 216 Å². The summed E-state index contributed by atoms with van der Waals surface area (Å²) < 4.78 is 0. The fraction of sp³-hybridized carbons (Fsp3) is 0.357. The van der Waals surface area contributed by atoms with E-state index < -0.39 is 11.4 Å². The number of hydrogen-bond donors (Lipinski definition) is 3. The third kappa shape index (κ3) is 5.33. The van der Waals surface area contributed by atoms with Crippen molar-refractivity contribution in [3.8, 4) is 0 Å². The SMILES string of the molecule is CCc1ccc(C(=O)Nc2nc(N(C)C(C)(C)C)c(C(=N)C(=O)NC3(c4ccccc4)CC3)s2)cc1. The van der Waals surface area contributed by atoms with Gasteiger partial charge in [0.2, 0.25) is 0 Å². The summed E-state index contributed by atoms with van der Waals surface area (Å²) >= 11 is 1.14. The van der Waals surface area contributed by atoms with Gasteiger partial charge in [0.1, 0.15) is 10.6 Å². The highest BCUT2D eigenvalue weighted by molar-refractivity contribution is 7.19. The van der Waals surface area contributed by atoms with E-state index >= 15 is 0 Å². The summed E-state index contributed by atoms with van der Waals surface area (Å²) in [6.45, 7) is 8.15. The number of benzene rings is 2. The molecular weight excluding hydrogens is 470 g/mol. The Bertz CT molecular complexity index is 1270. The van der Waals surface area contributed by atoms with Gasteiger partial charge in [0.15, 0.2) is 10.9 Å². The summed E-state index contributed by atoms with van der Waals surface area (Å²) in [5.74, 6) is -0.231. The molecule has 0 spiro atoms. The topological polar surface area (TPSA) is 98.2 Å². The Morgan fingerprint density at radius 3 is 2.28 bits per heavy atom. The molecule has 7 nitrogen and oxygen atoms in total. The molecule has 0 bridgehead atoms. The first-order valence-corrected chi connectivity index (χ1v) is 13.0. The fourth-order valence-electron chi connectivity index (χ4n) is 3.89. The molecule has 8 heteroatoms. The first-order valence-electron chi connectivity index (χ1n) is 12.2. The zero-order valence-corrected chi connectivity index (χ0v) is 22.3. The van der Waals surface area contributed by atoms with E-state index in [4.69, 9.17) is 5.41 Å². The molecule has 0 unspecified atom stereocenters. The summed E-state index contributed by atoms with van der Waals surface area (Å²) in [6.07, 6.45) is 2.58. The van der Waals surface area contributed by atoms with Crippen LogP contribution in [0.1, 0.15) is 66.9 Å². The van der Waals surface area contributed by atoms with E-state index in [9.17, 15) is 9.59 Å². The highest BCUT2D eigenvalue weighted by atomic mass is 32.1. The van der Waals surface area contributed by atoms with Crippen LogP contribution in [0.2, 0.25) is 0 Å². The monoisotopic (exact) mass is 503 g/mol. The number of thiazole rings is 1. The molecule has 1 heterocycles. The van der Waals surface area contributed by atoms with Gasteiger partial charge < -0.3 is 10.2 Å². The summed E-state index contributed by atoms with van der Waals surface area (Å²) in [6, 6.07) is 17.3. The van der Waals surface area contributed by atoms with Crippen molar-refractivity contribution >= 4 is 39.8 Å². The summed E-state index contributed by atoms with van der Waals surface area (Å²) in [4.78, 5) is 33.1. The zero-order chi connectivity index (χ0) is 26.1. The van der Waals surface area contributed by atoms with Crippen LogP contribution in [-0.4, -0.2) is 35.1 Å². The number of aromatic nitrogens is 1. The van der Waals surface area contributed by atoms with Crippen LogP contribution in [0.25, 0.3) is 0 Å². The number of nitrogens with one attached hydrogen (secondary N) is 3. The van der Waals surface area contributed by atoms with Gasteiger partial charge in [0.25, 0.3) is 11.8 Å². The molecule has 4 rings (SSSR count). The number of amides is 2. The molecule has 188 valence electrons. The maximum atomic E-state index is 13.2. The molecule has 2 amide bonds. The van der Waals surface area contributed by atoms with Crippen molar-refractivity contribution in [2.24, 2.45) is 0 Å². The largest absolute Gasteiger partial charge is 0.353 e. The minimum Gasteiger partial charge on any atom is -0.353 e. The van der Waals surface area contributed by atoms with Gasteiger partial charge in [-0.3, -0.25) is 20.3 Å². The lowest BCUT2D eigenvalue weighted by Crippen LogP contribution is -2.41. The van der Waals surface area contributed by atoms with Gasteiger partial charge in [0, 0.05) is 18.2 Å². The number of rotatable bonds is 8. The number of nitrogens with zero attached hydrogens (tertiary/aromatic N) is 2. The number of carbonyl (C=O) groups is 2. The second-order valence-corrected chi connectivity index (χ2v) is 11.2. The van der Waals surface area contributed by atoms with E-state index in [2.05, 4.69) is 22.5 Å². The van der Waals surface area contributed by atoms with Crippen LogP contribution in [0, 0.1) is 5.41 Å². The molecule has 0 aliphatic heterocycles. The summed E-state index contributed by atoms with van der Waals surface area (Å²) in [5.41, 5.74) is 1.84. The standard InChI is InChI=1S/C28H33N5O2S/c1-6-18-12-14-19(15-13-18)24(34)31-26-30-23(33(5)27(2,3)4)22(36-26)21(29)25(35)32-28(16-17-28)20-10-8-7-9-11-20/h7-15,29H,6,16-17H2,1-5H3,(H,32,35)(H,30,31,34). The Hall–Kier alpha value is -3.52. The van der Waals surface area contributed by atoms with E-state index in [1.807, 2.05) is 75.2 Å². The molecule has 3 aromatic rings. The second-order valence-electron chi connectivity index (χ2n) is 10.2. The Morgan fingerprint density at radius 2 is 1.72 bits per heavy atom. The van der Waals surface area contributed by atoms with Gasteiger partial charge in [0.05, 0.1) is 5.54 Å². The van der Waals surface area contributed by atoms with E-state index in [1.54, 1.807) is 12.1 Å². The Kier molecular flexibility index (Phi) is 7.00. The maximum Gasteiger partial charge on any atom is 0.271 e. The molecule has 0 saturated heterocycles. The van der Waals surface area contributed by atoms with Crippen LogP contribution in [-0.2, 0) is 16.8 Å². The first-order chi connectivity index (χ1) is 17.0. The van der Waals surface area contributed by atoms with E-state index in [0.29, 0.717) is 21.4 Å². The van der Waals surface area contributed by atoms with Gasteiger partial charge in [-0.25, -0.2) is 4.98 Å². The summed E-state index contributed by atoms with van der Waals surface area (Å²) in [7, 11) is 1.88. The van der Waals surface area contributed by atoms with Crippen molar-refractivity contribution in [2.45, 2.75) is 58.0 Å². The Morgan fingerprint density at radius 1 is 1.08 bits per heavy atom. The van der Waals surface area contributed by atoms with Gasteiger partial charge in [-0.2, -0.15) is 0 Å². The average molecular weight is 504 g/mol. The first kappa shape index (κ1) is 25.6. The van der Waals surface area contributed by atoms with Gasteiger partial charge in [-0.15, -0.1) is 0 Å². The third-order valence-electron chi connectivity index (χ3n) is 6.66. The molecule has 1 fully saturated rings. The van der Waals surface area contributed by atoms with Gasteiger partial charge in [-0.05, 0) is 63.3 Å². The smallest absolute Gasteiger partial charge is 0.271 e. The van der Waals surface area contributed by atoms with E-state index in [-0.39, 0.29) is 17.2 Å². The van der Waals surface area contributed by atoms with Crippen molar-refractivity contribution in [3.63, 3.8) is 0 Å². The molecule has 1 aromatic heterocycles. The van der Waals surface area contributed by atoms with Crippen LogP contribution in [0.3, 0.4) is 0 Å². The lowest BCUT2D eigenvalue weighted by molar-refractivity contribution is -0.115.